The summed E-state index contributed by atoms with van der Waals surface area (Å²) in [6.07, 6.45) is 2.29. The molecule has 1 saturated heterocycles. The van der Waals surface area contributed by atoms with Crippen LogP contribution in [-0.2, 0) is 11.3 Å². The third-order valence-corrected chi connectivity index (χ3v) is 5.04. The average Bonchev–Trinajstić information content (AvgIpc) is 2.95. The van der Waals surface area contributed by atoms with Crippen molar-refractivity contribution in [2.45, 2.75) is 51.3 Å². The van der Waals surface area contributed by atoms with Gasteiger partial charge in [0, 0.05) is 19.6 Å². The lowest BCUT2D eigenvalue weighted by molar-refractivity contribution is 0.106. The fourth-order valence-corrected chi connectivity index (χ4v) is 3.51. The number of aryl methyl sites for hydroxylation is 1. The molecule has 23 heavy (non-hydrogen) atoms. The van der Waals surface area contributed by atoms with E-state index in [9.17, 15) is 0 Å². The molecule has 0 amide bonds. The molecule has 2 fully saturated rings. The van der Waals surface area contributed by atoms with Crippen LogP contribution in [0.15, 0.2) is 21.1 Å². The number of likely N-dealkylation sites (tertiary alicyclic amines) is 1. The van der Waals surface area contributed by atoms with Gasteiger partial charge in [0.2, 0.25) is 5.89 Å². The minimum absolute atomic E-state index is 0.0922. The zero-order valence-electron chi connectivity index (χ0n) is 13.9. The highest BCUT2D eigenvalue weighted by atomic mass is 16.5. The molecule has 0 spiro atoms. The molecule has 0 radical (unpaired) electrons. The van der Waals surface area contributed by atoms with Crippen LogP contribution in [0.3, 0.4) is 0 Å². The molecule has 4 rings (SSSR count). The number of furan rings is 1. The number of hydrogen-bond donors (Lipinski definition) is 0. The number of rotatable bonds is 5. The van der Waals surface area contributed by atoms with Gasteiger partial charge in [-0.1, -0.05) is 12.1 Å². The minimum atomic E-state index is 0.0922. The third-order valence-electron chi connectivity index (χ3n) is 5.04. The van der Waals surface area contributed by atoms with Crippen molar-refractivity contribution in [3.63, 3.8) is 0 Å². The number of nitrogens with zero attached hydrogens (tertiary/aromatic N) is 3. The number of hydrogen-bond acceptors (Lipinski definition) is 6. The van der Waals surface area contributed by atoms with Gasteiger partial charge in [0.1, 0.15) is 11.5 Å². The lowest BCUT2D eigenvalue weighted by atomic mass is 10.2. The summed E-state index contributed by atoms with van der Waals surface area (Å²) in [5, 5.41) is 3.92. The molecule has 0 bridgehead atoms. The first kappa shape index (κ1) is 14.9. The van der Waals surface area contributed by atoms with Gasteiger partial charge in [-0.25, -0.2) is 0 Å². The van der Waals surface area contributed by atoms with E-state index in [0.29, 0.717) is 17.6 Å². The molecule has 2 aromatic heterocycles. The lowest BCUT2D eigenvalue weighted by Crippen LogP contribution is -2.24. The summed E-state index contributed by atoms with van der Waals surface area (Å²) in [4.78, 5) is 6.71. The van der Waals surface area contributed by atoms with E-state index in [-0.39, 0.29) is 12.1 Å². The first-order chi connectivity index (χ1) is 11.1. The van der Waals surface area contributed by atoms with Crippen LogP contribution in [0.1, 0.15) is 55.0 Å². The summed E-state index contributed by atoms with van der Waals surface area (Å²) in [7, 11) is 1.75. The van der Waals surface area contributed by atoms with E-state index in [2.05, 4.69) is 34.1 Å². The van der Waals surface area contributed by atoms with Gasteiger partial charge in [-0.2, -0.15) is 4.98 Å². The van der Waals surface area contributed by atoms with Crippen LogP contribution in [0.4, 0.5) is 0 Å². The Kier molecular flexibility index (Phi) is 3.73. The highest BCUT2D eigenvalue weighted by Crippen LogP contribution is 2.47. The average molecular weight is 317 g/mol. The molecule has 6 heteroatoms. The minimum Gasteiger partial charge on any atom is -0.464 e. The summed E-state index contributed by atoms with van der Waals surface area (Å²) in [6, 6.07) is 4.31. The fourth-order valence-electron chi connectivity index (χ4n) is 3.51. The Morgan fingerprint density at radius 3 is 2.83 bits per heavy atom. The van der Waals surface area contributed by atoms with E-state index in [1.54, 1.807) is 7.11 Å². The van der Waals surface area contributed by atoms with E-state index >= 15 is 0 Å². The topological polar surface area (TPSA) is 64.5 Å². The Balaban J connectivity index is 1.50. The zero-order chi connectivity index (χ0) is 16.0. The van der Waals surface area contributed by atoms with E-state index in [1.165, 1.54) is 6.42 Å². The van der Waals surface area contributed by atoms with Crippen LogP contribution in [0, 0.1) is 12.8 Å². The van der Waals surface area contributed by atoms with Crippen LogP contribution in [-0.4, -0.2) is 34.8 Å². The van der Waals surface area contributed by atoms with Crippen molar-refractivity contribution < 1.29 is 13.7 Å². The highest BCUT2D eigenvalue weighted by Gasteiger charge is 2.39. The molecule has 3 heterocycles. The highest BCUT2D eigenvalue weighted by molar-refractivity contribution is 5.18. The van der Waals surface area contributed by atoms with Crippen LogP contribution in [0.25, 0.3) is 0 Å². The largest absolute Gasteiger partial charge is 0.464 e. The molecule has 1 aliphatic heterocycles. The molecule has 0 unspecified atom stereocenters. The lowest BCUT2D eigenvalue weighted by Gasteiger charge is -2.19. The van der Waals surface area contributed by atoms with Crippen molar-refractivity contribution in [3.05, 3.63) is 35.4 Å². The van der Waals surface area contributed by atoms with Crippen molar-refractivity contribution in [2.75, 3.05) is 13.7 Å². The van der Waals surface area contributed by atoms with Gasteiger partial charge in [-0.15, -0.1) is 0 Å². The van der Waals surface area contributed by atoms with Crippen molar-refractivity contribution in [1.29, 1.82) is 0 Å². The summed E-state index contributed by atoms with van der Waals surface area (Å²) < 4.78 is 17.0. The molecule has 0 N–H and O–H groups in total. The summed E-state index contributed by atoms with van der Waals surface area (Å²) in [6.45, 7) is 5.70. The first-order valence-electron chi connectivity index (χ1n) is 8.29. The Morgan fingerprint density at radius 1 is 1.35 bits per heavy atom. The first-order valence-corrected chi connectivity index (χ1v) is 8.29. The van der Waals surface area contributed by atoms with Gasteiger partial charge in [0.05, 0.1) is 18.7 Å². The van der Waals surface area contributed by atoms with Crippen molar-refractivity contribution in [2.24, 2.45) is 5.92 Å². The molecule has 2 aromatic rings. The molecule has 1 saturated carbocycles. The quantitative estimate of drug-likeness (QED) is 0.844. The van der Waals surface area contributed by atoms with Gasteiger partial charge in [0.15, 0.2) is 5.82 Å². The molecule has 2 aliphatic rings. The zero-order valence-corrected chi connectivity index (χ0v) is 13.9. The fraction of sp³-hybridized carbons (Fsp3) is 0.647. The van der Waals surface area contributed by atoms with Crippen molar-refractivity contribution in [1.82, 2.24) is 15.0 Å². The van der Waals surface area contributed by atoms with E-state index in [1.807, 2.05) is 6.92 Å². The number of methoxy groups -OCH3 is 1. The van der Waals surface area contributed by atoms with Crippen LogP contribution in [0.2, 0.25) is 0 Å². The van der Waals surface area contributed by atoms with Gasteiger partial charge in [-0.3, -0.25) is 4.90 Å². The maximum atomic E-state index is 6.05. The maximum Gasteiger partial charge on any atom is 0.244 e. The Morgan fingerprint density at radius 2 is 2.17 bits per heavy atom. The summed E-state index contributed by atoms with van der Waals surface area (Å²) in [5.41, 5.74) is 0. The Labute approximate surface area is 135 Å². The molecule has 1 aliphatic carbocycles. The van der Waals surface area contributed by atoms with Gasteiger partial charge >= 0.3 is 0 Å². The molecule has 4 atom stereocenters. The number of aromatic nitrogens is 2. The Bertz CT molecular complexity index is 680. The normalized spacial score (nSPS) is 30.9. The smallest absolute Gasteiger partial charge is 0.244 e. The summed E-state index contributed by atoms with van der Waals surface area (Å²) >= 11 is 0. The molecule has 0 aromatic carbocycles. The van der Waals surface area contributed by atoms with E-state index < -0.39 is 0 Å². The van der Waals surface area contributed by atoms with Gasteiger partial charge in [0.25, 0.3) is 0 Å². The van der Waals surface area contributed by atoms with Gasteiger partial charge < -0.3 is 13.7 Å². The molecular weight excluding hydrogens is 294 g/mol. The number of ether oxygens (including phenoxy) is 1. The monoisotopic (exact) mass is 317 g/mol. The summed E-state index contributed by atoms with van der Waals surface area (Å²) in [5.74, 6) is 4.84. The predicted molar refractivity (Wildman–Crippen MR) is 82.8 cm³/mol. The SMILES string of the molecule is CO[C@H]1C[C@H](c2nc(C)no2)N(Cc2ccc([C@H]3C[C@@H]3C)o2)C1. The van der Waals surface area contributed by atoms with Crippen molar-refractivity contribution >= 4 is 0 Å². The second-order valence-corrected chi connectivity index (χ2v) is 6.84. The second-order valence-electron chi connectivity index (χ2n) is 6.84. The van der Waals surface area contributed by atoms with Gasteiger partial charge in [-0.05, 0) is 37.8 Å². The predicted octanol–water partition coefficient (Wildman–Crippen LogP) is 3.06. The molecule has 124 valence electrons. The molecule has 6 nitrogen and oxygen atoms in total. The van der Waals surface area contributed by atoms with Crippen LogP contribution >= 0.6 is 0 Å². The maximum absolute atomic E-state index is 6.05. The third kappa shape index (κ3) is 2.93. The van der Waals surface area contributed by atoms with Crippen molar-refractivity contribution in [3.8, 4) is 0 Å². The molecular formula is C17H23N3O3. The van der Waals surface area contributed by atoms with Crippen LogP contribution < -0.4 is 0 Å². The Hall–Kier alpha value is -1.66. The van der Waals surface area contributed by atoms with Crippen LogP contribution in [0.5, 0.6) is 0 Å². The standard InChI is InChI=1S/C17H23N3O3/c1-10-6-14(10)16-5-4-12(22-16)8-20-9-13(21-3)7-15(20)17-18-11(2)19-23-17/h4-5,10,13-15H,6-9H2,1-3H3/t10-,13-,14-,15+/m0/s1. The van der Waals surface area contributed by atoms with E-state index in [0.717, 1.165) is 36.9 Å². The van der Waals surface area contributed by atoms with E-state index in [4.69, 9.17) is 13.7 Å². The second kappa shape index (κ2) is 5.76.